The zero-order valence-electron chi connectivity index (χ0n) is 47.4. The maximum absolute atomic E-state index is 13.2. The first-order valence-corrected chi connectivity index (χ1v) is 29.6. The van der Waals surface area contributed by atoms with Crippen molar-refractivity contribution < 1.29 is 38.9 Å². The van der Waals surface area contributed by atoms with Crippen LogP contribution in [0.25, 0.3) is 21.8 Å². The fraction of sp³-hybridized carbons (Fsp3) is 0.561. The Bertz CT molecular complexity index is 2900. The molecule has 3 N–H and O–H groups in total. The zero-order valence-corrected chi connectivity index (χ0v) is 47.4. The average Bonchev–Trinajstić information content (AvgIpc) is 3.99. The van der Waals surface area contributed by atoms with Gasteiger partial charge in [-0.25, -0.2) is 0 Å². The van der Waals surface area contributed by atoms with E-state index in [1.54, 1.807) is 0 Å². The summed E-state index contributed by atoms with van der Waals surface area (Å²) >= 11 is 0. The van der Waals surface area contributed by atoms with Crippen LogP contribution in [0.1, 0.15) is 138 Å². The standard InChI is InChI=1S/C34H44N2O4.C32H42N2O4/c1-5-22(3)34(39)40-31-15-21(2)14-26-11-10-23(4)29(33(26)31)13-12-27-17-28(37)18-32(38)36(27)20-24-16-25-8-6-7-9-30(25)35-19-24;1-5-20(3)32(37)38-29-15-19(2)14-23-7-6-21(4)27(31(23)29)10-8-25-17-26(35)18-30(36)34(25)24-9-11-28-22(16-24)12-13-33-28/h6-11,14,16,19,21-23,27-29,31,33,37H,5,12-13,15,17-18,20H2,1-4H3;6-7,9,11-14,16,19-21,25-27,29,31,33,35H,5,8,10,15,17-18H2,1-4H3/t21-,22-,23-,27?,28+,29-,31-,33-;19-,20-,21-,25?,26+,27-,29-,31-/m00/s1. The molecule has 10 rings (SSSR count). The topological polar surface area (TPSA) is 162 Å². The number of nitrogens with one attached hydrogen (secondary N) is 1. The number of pyridine rings is 1. The Morgan fingerprint density at radius 3 is 1.86 bits per heavy atom. The minimum atomic E-state index is -0.612. The van der Waals surface area contributed by atoms with Gasteiger partial charge < -0.3 is 34.5 Å². The van der Waals surface area contributed by atoms with Crippen LogP contribution in [0.2, 0.25) is 0 Å². The number of nitrogens with zero attached hydrogens (tertiary/aromatic N) is 3. The van der Waals surface area contributed by atoms with E-state index in [-0.39, 0.29) is 84.6 Å². The van der Waals surface area contributed by atoms with Gasteiger partial charge in [-0.2, -0.15) is 0 Å². The van der Waals surface area contributed by atoms with E-state index >= 15 is 0 Å². The van der Waals surface area contributed by atoms with Crippen molar-refractivity contribution in [1.29, 1.82) is 0 Å². The van der Waals surface area contributed by atoms with Gasteiger partial charge in [-0.1, -0.05) is 110 Å². The van der Waals surface area contributed by atoms with E-state index in [2.05, 4.69) is 86.3 Å². The molecule has 2 saturated heterocycles. The van der Waals surface area contributed by atoms with Crippen LogP contribution in [0, 0.1) is 59.2 Å². The molecule has 0 radical (unpaired) electrons. The van der Waals surface area contributed by atoms with Crippen molar-refractivity contribution in [3.8, 4) is 0 Å². The van der Waals surface area contributed by atoms with Crippen molar-refractivity contribution in [2.45, 2.75) is 175 Å². The second-order valence-electron chi connectivity index (χ2n) is 24.4. The highest BCUT2D eigenvalue weighted by molar-refractivity contribution is 5.97. The lowest BCUT2D eigenvalue weighted by Crippen LogP contribution is -2.49. The van der Waals surface area contributed by atoms with Crippen LogP contribution in [0.15, 0.2) is 115 Å². The maximum atomic E-state index is 13.2. The van der Waals surface area contributed by atoms with Gasteiger partial charge >= 0.3 is 11.9 Å². The molecule has 2 fully saturated rings. The van der Waals surface area contributed by atoms with Crippen LogP contribution in [-0.4, -0.2) is 85.3 Å². The maximum Gasteiger partial charge on any atom is 0.308 e. The van der Waals surface area contributed by atoms with Crippen LogP contribution in [-0.2, 0) is 35.2 Å². The predicted molar refractivity (Wildman–Crippen MR) is 308 cm³/mol. The number of allylic oxidation sites excluding steroid dienone is 6. The summed E-state index contributed by atoms with van der Waals surface area (Å²) in [4.78, 5) is 63.8. The summed E-state index contributed by atoms with van der Waals surface area (Å²) in [5.41, 5.74) is 6.44. The highest BCUT2D eigenvalue weighted by Gasteiger charge is 2.45. The van der Waals surface area contributed by atoms with Crippen LogP contribution in [0.5, 0.6) is 0 Å². The first-order chi connectivity index (χ1) is 37.5. The molecule has 0 saturated carbocycles. The van der Waals surface area contributed by atoms with Crippen LogP contribution in [0.3, 0.4) is 0 Å². The Labute approximate surface area is 462 Å². The van der Waals surface area contributed by atoms with Gasteiger partial charge in [0.2, 0.25) is 11.8 Å². The lowest BCUT2D eigenvalue weighted by molar-refractivity contribution is -0.159. The van der Waals surface area contributed by atoms with Crippen molar-refractivity contribution in [2.24, 2.45) is 59.2 Å². The molecule has 2 amide bonds. The second-order valence-corrected chi connectivity index (χ2v) is 24.4. The number of piperidine rings is 2. The summed E-state index contributed by atoms with van der Waals surface area (Å²) in [7, 11) is 0. The number of aliphatic hydroxyl groups excluding tert-OH is 2. The number of carbonyl (C=O) groups excluding carboxylic acids is 4. The van der Waals surface area contributed by atoms with Crippen molar-refractivity contribution in [3.63, 3.8) is 0 Å². The summed E-state index contributed by atoms with van der Waals surface area (Å²) in [6, 6.07) is 18.1. The van der Waals surface area contributed by atoms with Gasteiger partial charge in [-0.05, 0) is 153 Å². The fourth-order valence-corrected chi connectivity index (χ4v) is 13.8. The minimum absolute atomic E-state index is 0.000864. The Balaban J connectivity index is 0.000000190. The number of fused-ring (bicyclic) bond motifs is 4. The third-order valence-electron chi connectivity index (χ3n) is 18.5. The number of hydrogen-bond donors (Lipinski definition) is 3. The molecule has 6 aliphatic rings. The van der Waals surface area contributed by atoms with Gasteiger partial charge in [0.25, 0.3) is 0 Å². The van der Waals surface area contributed by atoms with Gasteiger partial charge in [0.15, 0.2) is 0 Å². The van der Waals surface area contributed by atoms with Gasteiger partial charge in [0.1, 0.15) is 12.2 Å². The summed E-state index contributed by atoms with van der Waals surface area (Å²) in [5.74, 6) is 1.89. The summed E-state index contributed by atoms with van der Waals surface area (Å²) in [5, 5.41) is 23.2. The van der Waals surface area contributed by atoms with E-state index in [9.17, 15) is 29.4 Å². The van der Waals surface area contributed by atoms with Gasteiger partial charge in [-0.15, -0.1) is 0 Å². The third kappa shape index (κ3) is 12.9. The SMILES string of the molecule is CC[C@H](C)C(=O)O[C@H]1C[C@@H](C)C=C2C=C[C@H](C)[C@H](CCC3C[C@@H](O)CC(=O)N3Cc3cnc4ccccc4c3)[C@H]21.CC[C@H](C)C(=O)O[C@H]1C[C@@H](C)C=C2C=C[C@H](C)[C@H](CCC3C[C@@H](O)CC(=O)N3c3ccc4[nH]ccc4c3)[C@H]21. The Kier molecular flexibility index (Phi) is 18.3. The van der Waals surface area contributed by atoms with Crippen molar-refractivity contribution in [3.05, 3.63) is 120 Å². The number of rotatable bonds is 15. The number of benzene rings is 2. The molecule has 2 unspecified atom stereocenters. The number of aromatic amines is 1. The predicted octanol–water partition coefficient (Wildman–Crippen LogP) is 12.4. The summed E-state index contributed by atoms with van der Waals surface area (Å²) in [6.07, 6.45) is 24.1. The number of amides is 2. The van der Waals surface area contributed by atoms with E-state index in [1.165, 1.54) is 11.1 Å². The molecule has 0 bridgehead atoms. The number of carbonyl (C=O) groups is 4. The fourth-order valence-electron chi connectivity index (χ4n) is 13.8. The number of aliphatic hydroxyl groups is 2. The van der Waals surface area contributed by atoms with Gasteiger partial charge in [-0.3, -0.25) is 24.2 Å². The number of hydrogen-bond acceptors (Lipinski definition) is 9. The molecule has 2 aliphatic heterocycles. The second kappa shape index (κ2) is 25.1. The molecule has 4 aromatic rings. The normalized spacial score (nSPS) is 31.6. The molecular formula is C66H86N4O8. The Morgan fingerprint density at radius 2 is 1.26 bits per heavy atom. The molecule has 78 heavy (non-hydrogen) atoms. The summed E-state index contributed by atoms with van der Waals surface area (Å²) < 4.78 is 12.4. The zero-order chi connectivity index (χ0) is 55.4. The molecule has 0 spiro atoms. The van der Waals surface area contributed by atoms with E-state index in [4.69, 9.17) is 9.47 Å². The largest absolute Gasteiger partial charge is 0.461 e. The average molecular weight is 1060 g/mol. The Hall–Kier alpha value is -5.85. The van der Waals surface area contributed by atoms with Crippen molar-refractivity contribution in [2.75, 3.05) is 4.90 Å². The lowest BCUT2D eigenvalue weighted by Gasteiger charge is -2.44. The van der Waals surface area contributed by atoms with E-state index in [0.717, 1.165) is 84.4 Å². The summed E-state index contributed by atoms with van der Waals surface area (Å²) in [6.45, 7) is 17.3. The molecule has 16 atom stereocenters. The molecule has 12 nitrogen and oxygen atoms in total. The highest BCUT2D eigenvalue weighted by atomic mass is 16.5. The molecule has 2 aromatic carbocycles. The third-order valence-corrected chi connectivity index (χ3v) is 18.5. The number of likely N-dealkylation sites (tertiary alicyclic amines) is 1. The first kappa shape index (κ1) is 56.9. The van der Waals surface area contributed by atoms with E-state index in [0.29, 0.717) is 54.9 Å². The van der Waals surface area contributed by atoms with Gasteiger partial charge in [0, 0.05) is 64.8 Å². The van der Waals surface area contributed by atoms with Crippen molar-refractivity contribution >= 4 is 51.2 Å². The first-order valence-electron chi connectivity index (χ1n) is 29.6. The lowest BCUT2D eigenvalue weighted by atomic mass is 9.65. The quantitative estimate of drug-likeness (QED) is 0.0984. The molecule has 4 heterocycles. The van der Waals surface area contributed by atoms with Crippen LogP contribution >= 0.6 is 0 Å². The number of esters is 2. The molecular weight excluding hydrogens is 977 g/mol. The van der Waals surface area contributed by atoms with Crippen molar-refractivity contribution in [1.82, 2.24) is 14.9 Å². The highest BCUT2D eigenvalue weighted by Crippen LogP contribution is 2.48. The minimum Gasteiger partial charge on any atom is -0.461 e. The number of para-hydroxylation sites is 1. The van der Waals surface area contributed by atoms with Gasteiger partial charge in [0.05, 0.1) is 42.4 Å². The smallest absolute Gasteiger partial charge is 0.308 e. The molecule has 12 heteroatoms. The Morgan fingerprint density at radius 1 is 0.692 bits per heavy atom. The molecule has 2 aromatic heterocycles. The van der Waals surface area contributed by atoms with E-state index in [1.807, 2.05) is 92.4 Å². The molecule has 4 aliphatic carbocycles. The number of ether oxygens (including phenoxy) is 2. The molecule has 418 valence electrons. The number of aromatic nitrogens is 2. The van der Waals surface area contributed by atoms with Crippen LogP contribution < -0.4 is 4.90 Å². The number of H-pyrrole nitrogens is 1. The van der Waals surface area contributed by atoms with Crippen LogP contribution in [0.4, 0.5) is 5.69 Å². The van der Waals surface area contributed by atoms with E-state index < -0.39 is 12.2 Å². The monoisotopic (exact) mass is 1060 g/mol. The number of anilines is 1.